The van der Waals surface area contributed by atoms with E-state index in [9.17, 15) is 4.79 Å². The molecule has 1 N–H and O–H groups in total. The maximum atomic E-state index is 11.8. The second-order valence-corrected chi connectivity index (χ2v) is 6.10. The van der Waals surface area contributed by atoms with Crippen molar-refractivity contribution in [3.8, 4) is 17.2 Å². The number of nitrogens with zero attached hydrogens (tertiary/aromatic N) is 1. The number of hydrazone groups is 1. The molecule has 0 spiro atoms. The predicted molar refractivity (Wildman–Crippen MR) is 111 cm³/mol. The van der Waals surface area contributed by atoms with Crippen LogP contribution in [0.15, 0.2) is 84.0 Å². The predicted octanol–water partition coefficient (Wildman–Crippen LogP) is 3.80. The van der Waals surface area contributed by atoms with Crippen LogP contribution in [0.5, 0.6) is 17.2 Å². The van der Waals surface area contributed by atoms with Crippen molar-refractivity contribution in [2.45, 2.75) is 6.61 Å². The van der Waals surface area contributed by atoms with E-state index in [0.717, 1.165) is 22.6 Å². The van der Waals surface area contributed by atoms with Gasteiger partial charge in [0.1, 0.15) is 23.9 Å². The van der Waals surface area contributed by atoms with Gasteiger partial charge in [-0.2, -0.15) is 5.10 Å². The van der Waals surface area contributed by atoms with Gasteiger partial charge in [-0.15, -0.1) is 0 Å². The summed E-state index contributed by atoms with van der Waals surface area (Å²) < 4.78 is 16.3. The van der Waals surface area contributed by atoms with Crippen molar-refractivity contribution in [1.29, 1.82) is 0 Å². The summed E-state index contributed by atoms with van der Waals surface area (Å²) in [5.74, 6) is 1.72. The topological polar surface area (TPSA) is 69.2 Å². The molecule has 0 unspecified atom stereocenters. The highest BCUT2D eigenvalue weighted by atomic mass is 16.5. The first-order valence-corrected chi connectivity index (χ1v) is 9.08. The fraction of sp³-hybridized carbons (Fsp3) is 0.130. The van der Waals surface area contributed by atoms with Crippen molar-refractivity contribution in [3.05, 3.63) is 90.0 Å². The molecule has 0 saturated carbocycles. The van der Waals surface area contributed by atoms with Crippen LogP contribution in [-0.4, -0.2) is 25.8 Å². The lowest BCUT2D eigenvalue weighted by Gasteiger charge is -2.08. The number of hydrogen-bond acceptors (Lipinski definition) is 5. The number of benzene rings is 3. The molecule has 0 fully saturated rings. The van der Waals surface area contributed by atoms with Crippen molar-refractivity contribution in [2.75, 3.05) is 13.7 Å². The summed E-state index contributed by atoms with van der Waals surface area (Å²) in [6.07, 6.45) is 1.55. The molecular formula is C23H22N2O4. The van der Waals surface area contributed by atoms with Gasteiger partial charge in [-0.3, -0.25) is 4.79 Å². The Kier molecular flexibility index (Phi) is 7.23. The van der Waals surface area contributed by atoms with Gasteiger partial charge in [-0.1, -0.05) is 30.3 Å². The summed E-state index contributed by atoms with van der Waals surface area (Å²) in [5, 5.41) is 3.91. The van der Waals surface area contributed by atoms with E-state index in [0.29, 0.717) is 12.4 Å². The van der Waals surface area contributed by atoms with Crippen LogP contribution in [0.3, 0.4) is 0 Å². The monoisotopic (exact) mass is 390 g/mol. The molecule has 0 saturated heterocycles. The molecule has 6 heteroatoms. The number of ether oxygens (including phenoxy) is 3. The molecule has 3 aromatic carbocycles. The Labute approximate surface area is 169 Å². The van der Waals surface area contributed by atoms with Gasteiger partial charge < -0.3 is 14.2 Å². The molecule has 148 valence electrons. The quantitative estimate of drug-likeness (QED) is 0.446. The summed E-state index contributed by atoms with van der Waals surface area (Å²) in [6, 6.07) is 24.4. The van der Waals surface area contributed by atoms with Gasteiger partial charge in [0.25, 0.3) is 5.91 Å². The molecular weight excluding hydrogens is 368 g/mol. The molecule has 0 bridgehead atoms. The fourth-order valence-corrected chi connectivity index (χ4v) is 2.42. The second-order valence-electron chi connectivity index (χ2n) is 6.10. The highest BCUT2D eigenvalue weighted by Crippen LogP contribution is 2.18. The van der Waals surface area contributed by atoms with Crippen molar-refractivity contribution >= 4 is 12.1 Å². The third-order valence-electron chi connectivity index (χ3n) is 3.96. The Morgan fingerprint density at radius 1 is 0.862 bits per heavy atom. The van der Waals surface area contributed by atoms with Gasteiger partial charge in [0.15, 0.2) is 6.61 Å². The maximum absolute atomic E-state index is 11.8. The second kappa shape index (κ2) is 10.5. The molecule has 1 amide bonds. The lowest BCUT2D eigenvalue weighted by atomic mass is 10.2. The number of carbonyl (C=O) groups excluding carboxylic acids is 1. The third-order valence-corrected chi connectivity index (χ3v) is 3.96. The molecule has 0 aliphatic heterocycles. The number of methoxy groups -OCH3 is 1. The van der Waals surface area contributed by atoms with Crippen molar-refractivity contribution < 1.29 is 19.0 Å². The van der Waals surface area contributed by atoms with Gasteiger partial charge >= 0.3 is 0 Å². The largest absolute Gasteiger partial charge is 0.497 e. The van der Waals surface area contributed by atoms with E-state index in [1.54, 1.807) is 37.6 Å². The van der Waals surface area contributed by atoms with Gasteiger partial charge in [0.05, 0.1) is 13.3 Å². The minimum Gasteiger partial charge on any atom is -0.497 e. The first-order valence-electron chi connectivity index (χ1n) is 9.08. The van der Waals surface area contributed by atoms with Crippen LogP contribution in [0.25, 0.3) is 0 Å². The lowest BCUT2D eigenvalue weighted by Crippen LogP contribution is -2.24. The average molecular weight is 390 g/mol. The van der Waals surface area contributed by atoms with Crippen LogP contribution in [0.1, 0.15) is 11.1 Å². The van der Waals surface area contributed by atoms with Crippen LogP contribution in [0.2, 0.25) is 0 Å². The normalized spacial score (nSPS) is 10.5. The molecule has 0 heterocycles. The van der Waals surface area contributed by atoms with E-state index >= 15 is 0 Å². The Morgan fingerprint density at radius 3 is 2.14 bits per heavy atom. The molecule has 3 aromatic rings. The zero-order valence-electron chi connectivity index (χ0n) is 16.1. The Balaban J connectivity index is 1.39. The number of hydrogen-bond donors (Lipinski definition) is 1. The fourth-order valence-electron chi connectivity index (χ4n) is 2.42. The van der Waals surface area contributed by atoms with E-state index in [-0.39, 0.29) is 12.5 Å². The molecule has 0 aliphatic rings. The molecule has 0 radical (unpaired) electrons. The Hall–Kier alpha value is -3.80. The van der Waals surface area contributed by atoms with E-state index < -0.39 is 0 Å². The summed E-state index contributed by atoms with van der Waals surface area (Å²) in [5.41, 5.74) is 4.37. The van der Waals surface area contributed by atoms with Gasteiger partial charge in [0, 0.05) is 0 Å². The number of nitrogens with one attached hydrogen (secondary N) is 1. The molecule has 3 rings (SSSR count). The van der Waals surface area contributed by atoms with Crippen LogP contribution in [-0.2, 0) is 11.4 Å². The SMILES string of the molecule is COc1ccc(/C=N\NC(=O)COc2ccc(OCc3ccccc3)cc2)cc1. The van der Waals surface area contributed by atoms with Crippen molar-refractivity contribution in [2.24, 2.45) is 5.10 Å². The van der Waals surface area contributed by atoms with Crippen LogP contribution < -0.4 is 19.6 Å². The highest BCUT2D eigenvalue weighted by Gasteiger charge is 2.02. The highest BCUT2D eigenvalue weighted by molar-refractivity contribution is 5.83. The Morgan fingerprint density at radius 2 is 1.48 bits per heavy atom. The third kappa shape index (κ3) is 6.70. The number of amides is 1. The zero-order valence-corrected chi connectivity index (χ0v) is 16.1. The van der Waals surface area contributed by atoms with Crippen LogP contribution >= 0.6 is 0 Å². The Bertz CT molecular complexity index is 923. The summed E-state index contributed by atoms with van der Waals surface area (Å²) in [6.45, 7) is 0.361. The summed E-state index contributed by atoms with van der Waals surface area (Å²) in [4.78, 5) is 11.8. The van der Waals surface area contributed by atoms with Gasteiger partial charge in [0.2, 0.25) is 0 Å². The van der Waals surface area contributed by atoms with Crippen LogP contribution in [0, 0.1) is 0 Å². The molecule has 0 atom stereocenters. The molecule has 6 nitrogen and oxygen atoms in total. The summed E-state index contributed by atoms with van der Waals surface area (Å²) >= 11 is 0. The van der Waals surface area contributed by atoms with Crippen molar-refractivity contribution in [1.82, 2.24) is 5.43 Å². The first-order chi connectivity index (χ1) is 14.2. The standard InChI is InChI=1S/C23H22N2O4/c1-27-20-9-7-18(8-10-20)15-24-25-23(26)17-29-22-13-11-21(12-14-22)28-16-19-5-3-2-4-6-19/h2-15H,16-17H2,1H3,(H,25,26)/b24-15-. The van der Waals surface area contributed by atoms with E-state index in [4.69, 9.17) is 14.2 Å². The minimum absolute atomic E-state index is 0.135. The lowest BCUT2D eigenvalue weighted by molar-refractivity contribution is -0.123. The van der Waals surface area contributed by atoms with E-state index in [1.165, 1.54) is 0 Å². The average Bonchev–Trinajstić information content (AvgIpc) is 2.78. The first kappa shape index (κ1) is 19.9. The summed E-state index contributed by atoms with van der Waals surface area (Å²) in [7, 11) is 1.61. The number of rotatable bonds is 9. The molecule has 0 aromatic heterocycles. The molecule has 0 aliphatic carbocycles. The van der Waals surface area contributed by atoms with E-state index in [2.05, 4.69) is 10.5 Å². The molecule has 29 heavy (non-hydrogen) atoms. The zero-order chi connectivity index (χ0) is 20.3. The minimum atomic E-state index is -0.348. The maximum Gasteiger partial charge on any atom is 0.277 e. The number of carbonyl (C=O) groups is 1. The smallest absolute Gasteiger partial charge is 0.277 e. The van der Waals surface area contributed by atoms with Crippen molar-refractivity contribution in [3.63, 3.8) is 0 Å². The van der Waals surface area contributed by atoms with Crippen LogP contribution in [0.4, 0.5) is 0 Å². The van der Waals surface area contributed by atoms with E-state index in [1.807, 2.05) is 54.6 Å². The van der Waals surface area contributed by atoms with Gasteiger partial charge in [-0.25, -0.2) is 5.43 Å². The van der Waals surface area contributed by atoms with Gasteiger partial charge in [-0.05, 0) is 59.7 Å².